The number of urea groups is 1. The molecular weight excluding hydrogens is 232 g/mol. The number of hydrogen-bond donors (Lipinski definition) is 1. The first-order valence-electron chi connectivity index (χ1n) is 6.35. The van der Waals surface area contributed by atoms with E-state index >= 15 is 0 Å². The summed E-state index contributed by atoms with van der Waals surface area (Å²) in [4.78, 5) is 26.4. The third kappa shape index (κ3) is 2.76. The molecule has 5 nitrogen and oxygen atoms in total. The molecule has 2 rings (SSSR count). The molecule has 1 saturated heterocycles. The average Bonchev–Trinajstić information content (AvgIpc) is 3.01. The van der Waals surface area contributed by atoms with Crippen molar-refractivity contribution in [3.05, 3.63) is 0 Å². The van der Waals surface area contributed by atoms with E-state index in [1.807, 2.05) is 0 Å². The molecule has 2 aliphatic rings. The van der Waals surface area contributed by atoms with Crippen molar-refractivity contribution in [2.75, 3.05) is 19.6 Å². The lowest BCUT2D eigenvalue weighted by Crippen LogP contribution is -2.48. The standard InChI is InChI=1S/C13H18N2O3/c1-2-7-14(9-10-5-6-10)13(18)15-8-3-4-11(15)12(16)17/h1,10-11H,3-9H2,(H,16,17)/t11-/m1/s1. The largest absolute Gasteiger partial charge is 0.480 e. The van der Waals surface area contributed by atoms with E-state index < -0.39 is 12.0 Å². The van der Waals surface area contributed by atoms with Crippen LogP contribution in [0.5, 0.6) is 0 Å². The van der Waals surface area contributed by atoms with Crippen LogP contribution in [-0.2, 0) is 4.79 Å². The van der Waals surface area contributed by atoms with Crippen molar-refractivity contribution in [1.29, 1.82) is 0 Å². The van der Waals surface area contributed by atoms with Gasteiger partial charge in [0.05, 0.1) is 6.54 Å². The molecule has 1 atom stereocenters. The number of likely N-dealkylation sites (tertiary alicyclic amines) is 1. The molecule has 0 aromatic rings. The van der Waals surface area contributed by atoms with Crippen LogP contribution in [0.3, 0.4) is 0 Å². The highest BCUT2D eigenvalue weighted by Crippen LogP contribution is 2.30. The highest BCUT2D eigenvalue weighted by molar-refractivity contribution is 5.83. The zero-order valence-corrected chi connectivity index (χ0v) is 10.3. The number of carboxylic acids is 1. The fourth-order valence-electron chi connectivity index (χ4n) is 2.37. The van der Waals surface area contributed by atoms with Crippen molar-refractivity contribution in [2.24, 2.45) is 5.92 Å². The molecule has 1 saturated carbocycles. The minimum absolute atomic E-state index is 0.218. The van der Waals surface area contributed by atoms with Crippen LogP contribution < -0.4 is 0 Å². The van der Waals surface area contributed by atoms with Crippen LogP contribution in [0, 0.1) is 18.3 Å². The van der Waals surface area contributed by atoms with Crippen LogP contribution in [0.2, 0.25) is 0 Å². The summed E-state index contributed by atoms with van der Waals surface area (Å²) in [7, 11) is 0. The molecule has 1 aliphatic carbocycles. The van der Waals surface area contributed by atoms with E-state index in [1.54, 1.807) is 4.90 Å². The van der Waals surface area contributed by atoms with E-state index in [-0.39, 0.29) is 12.6 Å². The Morgan fingerprint density at radius 1 is 1.39 bits per heavy atom. The maximum Gasteiger partial charge on any atom is 0.326 e. The lowest BCUT2D eigenvalue weighted by Gasteiger charge is -2.29. The molecule has 1 heterocycles. The van der Waals surface area contributed by atoms with Crippen LogP contribution >= 0.6 is 0 Å². The maximum atomic E-state index is 12.3. The SMILES string of the molecule is C#CCN(CC1CC1)C(=O)N1CCC[C@@H]1C(=O)O. The zero-order chi connectivity index (χ0) is 13.1. The van der Waals surface area contributed by atoms with Gasteiger partial charge in [-0.3, -0.25) is 0 Å². The second-order valence-electron chi connectivity index (χ2n) is 5.00. The van der Waals surface area contributed by atoms with E-state index in [2.05, 4.69) is 5.92 Å². The number of rotatable bonds is 4. The minimum Gasteiger partial charge on any atom is -0.480 e. The molecule has 0 bridgehead atoms. The number of amides is 2. The van der Waals surface area contributed by atoms with Crippen molar-refractivity contribution in [3.8, 4) is 12.3 Å². The van der Waals surface area contributed by atoms with E-state index in [9.17, 15) is 9.59 Å². The molecule has 0 radical (unpaired) electrons. The van der Waals surface area contributed by atoms with Gasteiger partial charge in [0.2, 0.25) is 0 Å². The quantitative estimate of drug-likeness (QED) is 0.757. The summed E-state index contributed by atoms with van der Waals surface area (Å²) in [6, 6.07) is -0.901. The Bertz CT molecular complexity index is 384. The highest BCUT2D eigenvalue weighted by Gasteiger charge is 2.37. The Labute approximate surface area is 107 Å². The third-order valence-corrected chi connectivity index (χ3v) is 3.51. The van der Waals surface area contributed by atoms with Crippen LogP contribution in [0.4, 0.5) is 4.79 Å². The molecule has 0 unspecified atom stereocenters. The van der Waals surface area contributed by atoms with Crippen molar-refractivity contribution in [1.82, 2.24) is 9.80 Å². The first-order chi connectivity index (χ1) is 8.63. The monoisotopic (exact) mass is 250 g/mol. The average molecular weight is 250 g/mol. The van der Waals surface area contributed by atoms with Gasteiger partial charge in [0.25, 0.3) is 0 Å². The number of aliphatic carboxylic acids is 1. The normalized spacial score (nSPS) is 22.6. The summed E-state index contributed by atoms with van der Waals surface area (Å²) in [6.07, 6.45) is 8.83. The predicted octanol–water partition coefficient (Wildman–Crippen LogP) is 1.00. The minimum atomic E-state index is -0.923. The van der Waals surface area contributed by atoms with Crippen molar-refractivity contribution in [3.63, 3.8) is 0 Å². The third-order valence-electron chi connectivity index (χ3n) is 3.51. The molecule has 1 N–H and O–H groups in total. The summed E-state index contributed by atoms with van der Waals surface area (Å²) in [5.41, 5.74) is 0. The fraction of sp³-hybridized carbons (Fsp3) is 0.692. The molecule has 2 fully saturated rings. The van der Waals surface area contributed by atoms with Gasteiger partial charge in [-0.05, 0) is 31.6 Å². The topological polar surface area (TPSA) is 60.9 Å². The number of hydrogen-bond acceptors (Lipinski definition) is 2. The number of nitrogens with zero attached hydrogens (tertiary/aromatic N) is 2. The van der Waals surface area contributed by atoms with E-state index in [4.69, 9.17) is 11.5 Å². The molecule has 5 heteroatoms. The molecule has 1 aliphatic heterocycles. The first kappa shape index (κ1) is 12.7. The van der Waals surface area contributed by atoms with Gasteiger partial charge in [-0.1, -0.05) is 5.92 Å². The molecule has 2 amide bonds. The lowest BCUT2D eigenvalue weighted by atomic mass is 10.2. The molecule has 18 heavy (non-hydrogen) atoms. The van der Waals surface area contributed by atoms with Gasteiger partial charge in [0.1, 0.15) is 6.04 Å². The van der Waals surface area contributed by atoms with Crippen LogP contribution in [0.15, 0.2) is 0 Å². The Balaban J connectivity index is 2.02. The van der Waals surface area contributed by atoms with Crippen molar-refractivity contribution >= 4 is 12.0 Å². The van der Waals surface area contributed by atoms with Crippen LogP contribution in [0.25, 0.3) is 0 Å². The zero-order valence-electron chi connectivity index (χ0n) is 10.3. The Hall–Kier alpha value is -1.70. The van der Waals surface area contributed by atoms with E-state index in [0.717, 1.165) is 19.3 Å². The van der Waals surface area contributed by atoms with Crippen molar-refractivity contribution < 1.29 is 14.7 Å². The van der Waals surface area contributed by atoms with Gasteiger partial charge in [0.15, 0.2) is 0 Å². The second kappa shape index (κ2) is 5.30. The number of carbonyl (C=O) groups excluding carboxylic acids is 1. The maximum absolute atomic E-state index is 12.3. The summed E-state index contributed by atoms with van der Waals surface area (Å²) in [5.74, 6) is 2.11. The number of carboxylic acid groups (broad SMARTS) is 1. The van der Waals surface area contributed by atoms with Gasteiger partial charge in [0, 0.05) is 13.1 Å². The Morgan fingerprint density at radius 2 is 2.11 bits per heavy atom. The Morgan fingerprint density at radius 3 is 2.67 bits per heavy atom. The van der Waals surface area contributed by atoms with Gasteiger partial charge in [-0.2, -0.15) is 0 Å². The van der Waals surface area contributed by atoms with Crippen LogP contribution in [-0.4, -0.2) is 52.6 Å². The Kier molecular flexibility index (Phi) is 3.75. The lowest BCUT2D eigenvalue weighted by molar-refractivity contribution is -0.141. The number of terminal acetylenes is 1. The molecule has 0 aromatic heterocycles. The second-order valence-corrected chi connectivity index (χ2v) is 5.00. The van der Waals surface area contributed by atoms with Gasteiger partial charge in [-0.25, -0.2) is 9.59 Å². The fourth-order valence-corrected chi connectivity index (χ4v) is 2.37. The van der Waals surface area contributed by atoms with Gasteiger partial charge < -0.3 is 14.9 Å². The highest BCUT2D eigenvalue weighted by atomic mass is 16.4. The van der Waals surface area contributed by atoms with Crippen LogP contribution in [0.1, 0.15) is 25.7 Å². The van der Waals surface area contributed by atoms with E-state index in [0.29, 0.717) is 25.4 Å². The van der Waals surface area contributed by atoms with Gasteiger partial charge >= 0.3 is 12.0 Å². The van der Waals surface area contributed by atoms with E-state index in [1.165, 1.54) is 4.90 Å². The summed E-state index contributed by atoms with van der Waals surface area (Å²) >= 11 is 0. The molecule has 98 valence electrons. The van der Waals surface area contributed by atoms with Gasteiger partial charge in [-0.15, -0.1) is 6.42 Å². The molecule has 0 spiro atoms. The summed E-state index contributed by atoms with van der Waals surface area (Å²) in [5, 5.41) is 9.09. The molecular formula is C13H18N2O3. The summed E-state index contributed by atoms with van der Waals surface area (Å²) in [6.45, 7) is 1.44. The summed E-state index contributed by atoms with van der Waals surface area (Å²) < 4.78 is 0. The number of carbonyl (C=O) groups is 2. The first-order valence-corrected chi connectivity index (χ1v) is 6.35. The van der Waals surface area contributed by atoms with Crippen molar-refractivity contribution in [2.45, 2.75) is 31.7 Å². The smallest absolute Gasteiger partial charge is 0.326 e. The predicted molar refractivity (Wildman–Crippen MR) is 65.9 cm³/mol. The molecule has 0 aromatic carbocycles.